The van der Waals surface area contributed by atoms with Gasteiger partial charge < -0.3 is 10.6 Å². The van der Waals surface area contributed by atoms with Crippen molar-refractivity contribution >= 4 is 39.1 Å². The maximum Gasteiger partial charge on any atom is 0.252 e. The van der Waals surface area contributed by atoms with Crippen molar-refractivity contribution in [2.45, 2.75) is 25.8 Å². The van der Waals surface area contributed by atoms with Gasteiger partial charge in [-0.1, -0.05) is 13.0 Å². The molecule has 0 aliphatic carbocycles. The van der Waals surface area contributed by atoms with Crippen molar-refractivity contribution in [3.63, 3.8) is 0 Å². The van der Waals surface area contributed by atoms with Gasteiger partial charge >= 0.3 is 0 Å². The Hall–Kier alpha value is -1.73. The summed E-state index contributed by atoms with van der Waals surface area (Å²) in [7, 11) is 0. The smallest absolute Gasteiger partial charge is 0.252 e. The Labute approximate surface area is 152 Å². The van der Waals surface area contributed by atoms with Crippen molar-refractivity contribution in [1.29, 1.82) is 0 Å². The summed E-state index contributed by atoms with van der Waals surface area (Å²) in [4.78, 5) is 25.2. The summed E-state index contributed by atoms with van der Waals surface area (Å²) in [5.41, 5.74) is 0.209. The van der Waals surface area contributed by atoms with Crippen molar-refractivity contribution in [2.24, 2.45) is 0 Å². The number of nitrogens with one attached hydrogen (secondary N) is 2. The van der Waals surface area contributed by atoms with Crippen LogP contribution in [0.2, 0.25) is 0 Å². The minimum Gasteiger partial charge on any atom is -0.351 e. The van der Waals surface area contributed by atoms with Crippen molar-refractivity contribution in [1.82, 2.24) is 10.6 Å². The molecule has 0 aliphatic heterocycles. The number of amides is 2. The first kappa shape index (κ1) is 18.6. The van der Waals surface area contributed by atoms with Crippen LogP contribution in [0.15, 0.2) is 40.2 Å². The zero-order valence-electron chi connectivity index (χ0n) is 13.1. The lowest BCUT2D eigenvalue weighted by molar-refractivity contribution is -0.121. The molecule has 0 aliphatic rings. The standard InChI is InChI=1S/C17H18BrFN2O2S/c1-2-14(15-4-3-9-24-15)21-16(22)7-8-20-17(23)12-10-11(19)5-6-13(12)18/h3-6,9-10,14H,2,7-8H2,1H3,(H,20,23)(H,21,22). The van der Waals surface area contributed by atoms with E-state index in [4.69, 9.17) is 0 Å². The van der Waals surface area contributed by atoms with Crippen molar-refractivity contribution in [3.8, 4) is 0 Å². The zero-order valence-corrected chi connectivity index (χ0v) is 15.5. The van der Waals surface area contributed by atoms with Gasteiger partial charge in [-0.25, -0.2) is 4.39 Å². The quantitative estimate of drug-likeness (QED) is 0.720. The molecule has 2 rings (SSSR count). The molecule has 1 atom stereocenters. The molecular formula is C17H18BrFN2O2S. The molecule has 2 amide bonds. The van der Waals surface area contributed by atoms with E-state index in [-0.39, 0.29) is 30.5 Å². The summed E-state index contributed by atoms with van der Waals surface area (Å²) in [6.07, 6.45) is 0.968. The second kappa shape index (κ2) is 8.94. The van der Waals surface area contributed by atoms with Crippen LogP contribution < -0.4 is 10.6 Å². The van der Waals surface area contributed by atoms with Crippen LogP contribution >= 0.6 is 27.3 Å². The second-order valence-electron chi connectivity index (χ2n) is 5.17. The lowest BCUT2D eigenvalue weighted by Crippen LogP contribution is -2.32. The molecule has 7 heteroatoms. The summed E-state index contributed by atoms with van der Waals surface area (Å²) < 4.78 is 13.7. The Morgan fingerprint density at radius 2 is 2.12 bits per heavy atom. The summed E-state index contributed by atoms with van der Waals surface area (Å²) in [6, 6.07) is 7.83. The first-order chi connectivity index (χ1) is 11.5. The fraction of sp³-hybridized carbons (Fsp3) is 0.294. The Kier molecular flexibility index (Phi) is 6.93. The molecule has 0 bridgehead atoms. The van der Waals surface area contributed by atoms with Gasteiger partial charge in [-0.15, -0.1) is 11.3 Å². The SMILES string of the molecule is CCC(NC(=O)CCNC(=O)c1cc(F)ccc1Br)c1cccs1. The van der Waals surface area contributed by atoms with Gasteiger partial charge in [0.2, 0.25) is 5.91 Å². The van der Waals surface area contributed by atoms with E-state index in [9.17, 15) is 14.0 Å². The monoisotopic (exact) mass is 412 g/mol. The number of thiophene rings is 1. The highest BCUT2D eigenvalue weighted by molar-refractivity contribution is 9.10. The van der Waals surface area contributed by atoms with Crippen molar-refractivity contribution in [3.05, 3.63) is 56.4 Å². The van der Waals surface area contributed by atoms with E-state index in [0.717, 1.165) is 17.4 Å². The number of halogens is 2. The molecule has 2 aromatic rings. The Morgan fingerprint density at radius 3 is 2.79 bits per heavy atom. The molecule has 2 N–H and O–H groups in total. The lowest BCUT2D eigenvalue weighted by atomic mass is 10.2. The van der Waals surface area contributed by atoms with Crippen LogP contribution in [0.4, 0.5) is 4.39 Å². The molecular weight excluding hydrogens is 395 g/mol. The van der Waals surface area contributed by atoms with E-state index in [1.165, 1.54) is 12.1 Å². The molecule has 24 heavy (non-hydrogen) atoms. The minimum atomic E-state index is -0.483. The fourth-order valence-electron chi connectivity index (χ4n) is 2.19. The Morgan fingerprint density at radius 1 is 1.33 bits per heavy atom. The molecule has 1 aromatic heterocycles. The molecule has 0 saturated heterocycles. The molecule has 0 saturated carbocycles. The first-order valence-corrected chi connectivity index (χ1v) is 9.24. The molecule has 0 fully saturated rings. The summed E-state index contributed by atoms with van der Waals surface area (Å²) in [6.45, 7) is 2.20. The number of hydrogen-bond donors (Lipinski definition) is 2. The van der Waals surface area contributed by atoms with Gasteiger partial charge in [-0.2, -0.15) is 0 Å². The van der Waals surface area contributed by atoms with Gasteiger partial charge in [-0.3, -0.25) is 9.59 Å². The molecule has 0 spiro atoms. The maximum atomic E-state index is 13.2. The molecule has 128 valence electrons. The highest BCUT2D eigenvalue weighted by atomic mass is 79.9. The van der Waals surface area contributed by atoms with E-state index >= 15 is 0 Å². The highest BCUT2D eigenvalue weighted by Gasteiger charge is 2.15. The molecule has 1 unspecified atom stereocenters. The maximum absolute atomic E-state index is 13.2. The lowest BCUT2D eigenvalue weighted by Gasteiger charge is -2.15. The van der Waals surface area contributed by atoms with E-state index in [1.807, 2.05) is 24.4 Å². The van der Waals surface area contributed by atoms with Crippen molar-refractivity contribution < 1.29 is 14.0 Å². The normalized spacial score (nSPS) is 11.8. The molecule has 1 aromatic carbocycles. The number of carbonyl (C=O) groups is 2. The summed E-state index contributed by atoms with van der Waals surface area (Å²) >= 11 is 4.81. The predicted octanol–water partition coefficient (Wildman–Crippen LogP) is 4.04. The minimum absolute atomic E-state index is 0.00874. The Balaban J connectivity index is 1.82. The second-order valence-corrected chi connectivity index (χ2v) is 7.01. The van der Waals surface area contributed by atoms with Gasteiger partial charge in [0.05, 0.1) is 11.6 Å². The van der Waals surface area contributed by atoms with Crippen LogP contribution in [0, 0.1) is 5.82 Å². The van der Waals surface area contributed by atoms with E-state index in [2.05, 4.69) is 26.6 Å². The largest absolute Gasteiger partial charge is 0.351 e. The summed E-state index contributed by atoms with van der Waals surface area (Å²) in [5, 5.41) is 7.56. The van der Waals surface area contributed by atoms with Crippen LogP contribution in [-0.4, -0.2) is 18.4 Å². The van der Waals surface area contributed by atoms with Crippen LogP contribution in [0.3, 0.4) is 0 Å². The highest BCUT2D eigenvalue weighted by Crippen LogP contribution is 2.21. The van der Waals surface area contributed by atoms with Gasteiger partial charge in [0, 0.05) is 22.3 Å². The zero-order chi connectivity index (χ0) is 17.5. The number of hydrogen-bond acceptors (Lipinski definition) is 3. The number of rotatable bonds is 7. The molecule has 1 heterocycles. The van der Waals surface area contributed by atoms with Crippen LogP contribution in [0.5, 0.6) is 0 Å². The van der Waals surface area contributed by atoms with E-state index in [0.29, 0.717) is 4.47 Å². The topological polar surface area (TPSA) is 58.2 Å². The van der Waals surface area contributed by atoms with Crippen molar-refractivity contribution in [2.75, 3.05) is 6.54 Å². The average molecular weight is 413 g/mol. The van der Waals surface area contributed by atoms with Crippen LogP contribution in [0.25, 0.3) is 0 Å². The first-order valence-electron chi connectivity index (χ1n) is 7.57. The van der Waals surface area contributed by atoms with Gasteiger partial charge in [0.1, 0.15) is 5.82 Å². The van der Waals surface area contributed by atoms with E-state index < -0.39 is 11.7 Å². The van der Waals surface area contributed by atoms with E-state index in [1.54, 1.807) is 11.3 Å². The number of carbonyl (C=O) groups excluding carboxylic acids is 2. The third kappa shape index (κ3) is 5.14. The molecule has 4 nitrogen and oxygen atoms in total. The third-order valence-corrected chi connectivity index (χ3v) is 5.12. The Bertz CT molecular complexity index is 707. The van der Waals surface area contributed by atoms with Gasteiger partial charge in [0.25, 0.3) is 5.91 Å². The predicted molar refractivity (Wildman–Crippen MR) is 96.5 cm³/mol. The fourth-order valence-corrected chi connectivity index (χ4v) is 3.47. The average Bonchev–Trinajstić information content (AvgIpc) is 3.09. The van der Waals surface area contributed by atoms with Gasteiger partial charge in [0.15, 0.2) is 0 Å². The third-order valence-electron chi connectivity index (χ3n) is 3.44. The summed E-state index contributed by atoms with van der Waals surface area (Å²) in [5.74, 6) is -1.03. The van der Waals surface area contributed by atoms with Crippen LogP contribution in [0.1, 0.15) is 41.0 Å². The molecule has 0 radical (unpaired) electrons. The van der Waals surface area contributed by atoms with Crippen LogP contribution in [-0.2, 0) is 4.79 Å². The van der Waals surface area contributed by atoms with Gasteiger partial charge in [-0.05, 0) is 52.0 Å². The number of benzene rings is 1.